The molecule has 3 aliphatic rings. The van der Waals surface area contributed by atoms with Gasteiger partial charge >= 0.3 is 5.72 Å². The standard InChI is InChI=1S/C23H14BrClFN3O2/c24-13-3-7-18-17(9-13)23(22(30)27-18)29-20(16-10-14(25)4-8-21(16)31-23)11-19(28-29)12-1-5-15(26)6-2-12/h1-10,20H,11H2,(H,27,30)/t20-,23+/m0/s1. The van der Waals surface area contributed by atoms with E-state index in [1.165, 1.54) is 12.1 Å². The van der Waals surface area contributed by atoms with Crippen molar-refractivity contribution in [2.75, 3.05) is 5.32 Å². The second kappa shape index (κ2) is 6.55. The first-order chi connectivity index (χ1) is 15.0. The molecule has 3 aliphatic heterocycles. The number of nitrogens with zero attached hydrogens (tertiary/aromatic N) is 2. The number of benzene rings is 3. The fraction of sp³-hybridized carbons (Fsp3) is 0.130. The van der Waals surface area contributed by atoms with Gasteiger partial charge in [0, 0.05) is 21.5 Å². The van der Waals surface area contributed by atoms with Crippen LogP contribution < -0.4 is 10.1 Å². The molecule has 2 atom stereocenters. The molecule has 0 saturated carbocycles. The van der Waals surface area contributed by atoms with Crippen molar-refractivity contribution in [3.05, 3.63) is 92.7 Å². The number of halogens is 3. The predicted molar refractivity (Wildman–Crippen MR) is 119 cm³/mol. The van der Waals surface area contributed by atoms with Crippen LogP contribution in [0.2, 0.25) is 5.02 Å². The summed E-state index contributed by atoms with van der Waals surface area (Å²) in [5, 5.41) is 10.1. The Morgan fingerprint density at radius 2 is 1.97 bits per heavy atom. The largest absolute Gasteiger partial charge is 0.453 e. The Morgan fingerprint density at radius 1 is 1.16 bits per heavy atom. The fourth-order valence-corrected chi connectivity index (χ4v) is 5.04. The number of rotatable bonds is 1. The quantitative estimate of drug-likeness (QED) is 0.476. The molecule has 0 radical (unpaired) electrons. The Hall–Kier alpha value is -2.90. The van der Waals surface area contributed by atoms with E-state index in [2.05, 4.69) is 21.2 Å². The molecule has 0 unspecified atom stereocenters. The van der Waals surface area contributed by atoms with Gasteiger partial charge in [-0.25, -0.2) is 9.40 Å². The minimum absolute atomic E-state index is 0.266. The lowest BCUT2D eigenvalue weighted by Gasteiger charge is -2.44. The van der Waals surface area contributed by atoms with Gasteiger partial charge in [-0.05, 0) is 54.1 Å². The molecule has 5 nitrogen and oxygen atoms in total. The van der Waals surface area contributed by atoms with Gasteiger partial charge in [0.25, 0.3) is 5.91 Å². The van der Waals surface area contributed by atoms with Crippen LogP contribution in [0, 0.1) is 5.82 Å². The molecule has 0 aliphatic carbocycles. The number of amides is 1. The number of hydrogen-bond acceptors (Lipinski definition) is 4. The van der Waals surface area contributed by atoms with Crippen LogP contribution in [-0.2, 0) is 10.5 Å². The first-order valence-electron chi connectivity index (χ1n) is 9.68. The number of ether oxygens (including phenoxy) is 1. The zero-order chi connectivity index (χ0) is 21.3. The molecule has 0 aromatic heterocycles. The van der Waals surface area contributed by atoms with Crippen molar-refractivity contribution in [2.24, 2.45) is 5.10 Å². The molecule has 6 rings (SSSR count). The molecule has 8 heteroatoms. The van der Waals surface area contributed by atoms with E-state index in [0.717, 1.165) is 21.3 Å². The van der Waals surface area contributed by atoms with Crippen LogP contribution in [0.15, 0.2) is 70.2 Å². The number of fused-ring (bicyclic) bond motifs is 6. The number of carbonyl (C=O) groups is 1. The number of hydrazone groups is 1. The Labute approximate surface area is 190 Å². The molecule has 3 aromatic rings. The summed E-state index contributed by atoms with van der Waals surface area (Å²) in [6.07, 6.45) is 0.528. The number of hydrogen-bond donors (Lipinski definition) is 1. The van der Waals surface area contributed by atoms with E-state index >= 15 is 0 Å². The third kappa shape index (κ3) is 2.66. The minimum atomic E-state index is -1.45. The Bertz CT molecular complexity index is 1300. The highest BCUT2D eigenvalue weighted by molar-refractivity contribution is 9.10. The van der Waals surface area contributed by atoms with Crippen molar-refractivity contribution in [1.82, 2.24) is 5.01 Å². The van der Waals surface area contributed by atoms with Gasteiger partial charge in [-0.2, -0.15) is 5.10 Å². The first kappa shape index (κ1) is 18.8. The maximum Gasteiger partial charge on any atom is 0.306 e. The second-order valence-corrected chi connectivity index (χ2v) is 9.04. The number of nitrogens with one attached hydrogen (secondary N) is 1. The third-order valence-corrected chi connectivity index (χ3v) is 6.63. The van der Waals surface area contributed by atoms with E-state index in [9.17, 15) is 9.18 Å². The van der Waals surface area contributed by atoms with Crippen LogP contribution in [0.4, 0.5) is 10.1 Å². The first-order valence-corrected chi connectivity index (χ1v) is 10.9. The number of anilines is 1. The lowest BCUT2D eigenvalue weighted by Crippen LogP contribution is -2.55. The molecule has 1 spiro atoms. The van der Waals surface area contributed by atoms with E-state index in [1.807, 2.05) is 24.3 Å². The highest BCUT2D eigenvalue weighted by Gasteiger charge is 2.61. The molecule has 1 amide bonds. The van der Waals surface area contributed by atoms with Gasteiger partial charge < -0.3 is 10.1 Å². The predicted octanol–water partition coefficient (Wildman–Crippen LogP) is 5.59. The summed E-state index contributed by atoms with van der Waals surface area (Å²) >= 11 is 9.78. The zero-order valence-corrected chi connectivity index (χ0v) is 18.2. The summed E-state index contributed by atoms with van der Waals surface area (Å²) in [6.45, 7) is 0. The topological polar surface area (TPSA) is 53.9 Å². The average molecular weight is 499 g/mol. The minimum Gasteiger partial charge on any atom is -0.453 e. The Balaban J connectivity index is 1.58. The summed E-state index contributed by atoms with van der Waals surface area (Å²) in [6, 6.07) is 16.9. The van der Waals surface area contributed by atoms with Crippen LogP contribution in [0.5, 0.6) is 5.75 Å². The van der Waals surface area contributed by atoms with E-state index in [0.29, 0.717) is 28.4 Å². The van der Waals surface area contributed by atoms with Crippen LogP contribution in [0.3, 0.4) is 0 Å². The molecule has 0 bridgehead atoms. The van der Waals surface area contributed by atoms with Gasteiger partial charge in [-0.15, -0.1) is 0 Å². The highest BCUT2D eigenvalue weighted by atomic mass is 79.9. The van der Waals surface area contributed by atoms with Crippen molar-refractivity contribution in [1.29, 1.82) is 0 Å². The van der Waals surface area contributed by atoms with E-state index in [-0.39, 0.29) is 17.8 Å². The lowest BCUT2D eigenvalue weighted by atomic mass is 9.92. The Kier molecular flexibility index (Phi) is 3.98. The van der Waals surface area contributed by atoms with Crippen LogP contribution in [0.1, 0.15) is 29.2 Å². The maximum atomic E-state index is 13.5. The van der Waals surface area contributed by atoms with Gasteiger partial charge in [-0.1, -0.05) is 39.7 Å². The summed E-state index contributed by atoms with van der Waals surface area (Å²) < 4.78 is 20.7. The molecule has 3 aromatic carbocycles. The van der Waals surface area contributed by atoms with Crippen molar-refractivity contribution >= 4 is 44.8 Å². The van der Waals surface area contributed by atoms with Crippen LogP contribution in [-0.4, -0.2) is 16.6 Å². The molecule has 0 saturated heterocycles. The average Bonchev–Trinajstić information content (AvgIpc) is 3.31. The summed E-state index contributed by atoms with van der Waals surface area (Å²) in [5.74, 6) is -0.0366. The monoisotopic (exact) mass is 497 g/mol. The molecule has 31 heavy (non-hydrogen) atoms. The molecule has 3 heterocycles. The highest BCUT2D eigenvalue weighted by Crippen LogP contribution is 2.54. The van der Waals surface area contributed by atoms with E-state index in [1.54, 1.807) is 29.3 Å². The molecular weight excluding hydrogens is 485 g/mol. The fourth-order valence-electron chi connectivity index (χ4n) is 4.50. The zero-order valence-electron chi connectivity index (χ0n) is 15.9. The van der Waals surface area contributed by atoms with Gasteiger partial charge in [-0.3, -0.25) is 4.79 Å². The Morgan fingerprint density at radius 3 is 2.77 bits per heavy atom. The molecule has 0 fully saturated rings. The van der Waals surface area contributed by atoms with Gasteiger partial charge in [0.1, 0.15) is 11.6 Å². The summed E-state index contributed by atoms with van der Waals surface area (Å²) in [4.78, 5) is 13.4. The van der Waals surface area contributed by atoms with Crippen LogP contribution >= 0.6 is 27.5 Å². The SMILES string of the molecule is O=C1Nc2ccc(Br)cc2[C@@]12Oc1ccc(Cl)cc1[C@@H]1CC(c3ccc(F)cc3)=NN12. The van der Waals surface area contributed by atoms with Crippen molar-refractivity contribution in [2.45, 2.75) is 18.2 Å². The lowest BCUT2D eigenvalue weighted by molar-refractivity contribution is -0.161. The maximum absolute atomic E-state index is 13.5. The van der Waals surface area contributed by atoms with Gasteiger partial charge in [0.05, 0.1) is 23.0 Å². The van der Waals surface area contributed by atoms with Crippen molar-refractivity contribution in [3.8, 4) is 5.75 Å². The van der Waals surface area contributed by atoms with Crippen LogP contribution in [0.25, 0.3) is 0 Å². The van der Waals surface area contributed by atoms with Crippen molar-refractivity contribution < 1.29 is 13.9 Å². The smallest absolute Gasteiger partial charge is 0.306 e. The van der Waals surface area contributed by atoms with Gasteiger partial charge in [0.2, 0.25) is 0 Å². The normalized spacial score (nSPS) is 23.1. The molecular formula is C23H14BrClFN3O2. The summed E-state index contributed by atoms with van der Waals surface area (Å²) in [5.41, 5.74) is 2.30. The molecule has 1 N–H and O–H groups in total. The number of carbonyl (C=O) groups excluding carboxylic acids is 1. The van der Waals surface area contributed by atoms with Crippen molar-refractivity contribution in [3.63, 3.8) is 0 Å². The van der Waals surface area contributed by atoms with E-state index < -0.39 is 5.72 Å². The summed E-state index contributed by atoms with van der Waals surface area (Å²) in [7, 11) is 0. The third-order valence-electron chi connectivity index (χ3n) is 5.90. The second-order valence-electron chi connectivity index (χ2n) is 7.69. The van der Waals surface area contributed by atoms with E-state index in [4.69, 9.17) is 21.4 Å². The molecule has 154 valence electrons. The van der Waals surface area contributed by atoms with Gasteiger partial charge in [0.15, 0.2) is 0 Å².